The van der Waals surface area contributed by atoms with Crippen molar-refractivity contribution in [2.75, 3.05) is 0 Å². The van der Waals surface area contributed by atoms with E-state index in [0.29, 0.717) is 0 Å². The fourth-order valence-electron chi connectivity index (χ4n) is 3.20. The number of carbonyl (C=O) groups is 3. The first-order valence-electron chi connectivity index (χ1n) is 11.9. The lowest BCUT2D eigenvalue weighted by Crippen LogP contribution is -2.53. The summed E-state index contributed by atoms with van der Waals surface area (Å²) in [4.78, 5) is 37.1. The smallest absolute Gasteiger partial charge is 0.452 e. The van der Waals surface area contributed by atoms with Crippen LogP contribution in [0.4, 0.5) is 4.79 Å². The molecule has 2 aromatic carbocycles. The molecule has 0 radical (unpaired) electrons. The maximum absolute atomic E-state index is 14.2. The molecule has 10 nitrogen and oxygen atoms in total. The van der Waals surface area contributed by atoms with Gasteiger partial charge in [0.25, 0.3) is 0 Å². The molecule has 2 aromatic rings. The lowest BCUT2D eigenvalue weighted by atomic mass is 10.0. The van der Waals surface area contributed by atoms with Crippen LogP contribution in [0.5, 0.6) is 11.5 Å². The number of carbonyl (C=O) groups excluding carboxylic acids is 2. The van der Waals surface area contributed by atoms with E-state index in [9.17, 15) is 24.1 Å². The van der Waals surface area contributed by atoms with Crippen LogP contribution >= 0.6 is 7.60 Å². The van der Waals surface area contributed by atoms with Gasteiger partial charge in [0, 0.05) is 6.42 Å². The Balaban J connectivity index is 2.39. The lowest BCUT2D eigenvalue weighted by Gasteiger charge is -2.30. The van der Waals surface area contributed by atoms with Crippen molar-refractivity contribution in [2.24, 2.45) is 5.92 Å². The second-order valence-electron chi connectivity index (χ2n) is 9.67. The summed E-state index contributed by atoms with van der Waals surface area (Å²) in [6, 6.07) is 15.4. The van der Waals surface area contributed by atoms with Gasteiger partial charge in [-0.05, 0) is 57.4 Å². The number of nitrogens with one attached hydrogen (secondary N) is 2. The van der Waals surface area contributed by atoms with Crippen molar-refractivity contribution in [3.63, 3.8) is 0 Å². The minimum Gasteiger partial charge on any atom is -0.481 e. The van der Waals surface area contributed by atoms with Crippen molar-refractivity contribution >= 4 is 25.6 Å². The number of alkyl carbamates (subject to hydrolysis) is 1. The number of carboxylic acids is 1. The van der Waals surface area contributed by atoms with Crippen LogP contribution in [0.15, 0.2) is 60.7 Å². The summed E-state index contributed by atoms with van der Waals surface area (Å²) >= 11 is 0. The average molecular weight is 535 g/mol. The fraction of sp³-hybridized carbons (Fsp3) is 0.423. The van der Waals surface area contributed by atoms with Gasteiger partial charge in [-0.25, -0.2) is 9.36 Å². The second kappa shape index (κ2) is 13.1. The number of benzene rings is 2. The van der Waals surface area contributed by atoms with Crippen molar-refractivity contribution in [3.8, 4) is 11.5 Å². The molecular weight excluding hydrogens is 499 g/mol. The van der Waals surface area contributed by atoms with E-state index >= 15 is 0 Å². The third-order valence-electron chi connectivity index (χ3n) is 4.90. The van der Waals surface area contributed by atoms with Gasteiger partial charge in [-0.3, -0.25) is 9.59 Å². The SMILES string of the molecule is CC(C)C(NC(=O)OC(C)(C)C)C(=O)NC(CCC(=O)O)P(=O)(Oc1ccccc1)Oc1ccccc1. The molecule has 0 saturated heterocycles. The van der Waals surface area contributed by atoms with Gasteiger partial charge in [0.2, 0.25) is 5.91 Å². The standard InChI is InChI=1S/C26H35N2O8P/c1-18(2)23(28-25(32)34-26(3,4)5)24(31)27-21(16-17-22(29)30)37(33,35-19-12-8-6-9-13-19)36-20-14-10-7-11-15-20/h6-15,18,21,23H,16-17H2,1-5H3,(H,27,31)(H,28,32)(H,29,30). The molecular formula is C26H35N2O8P. The van der Waals surface area contributed by atoms with Crippen LogP contribution in [-0.4, -0.2) is 40.5 Å². The van der Waals surface area contributed by atoms with Crippen LogP contribution in [0.25, 0.3) is 0 Å². The Bertz CT molecular complexity index is 1040. The van der Waals surface area contributed by atoms with E-state index in [1.54, 1.807) is 95.3 Å². The zero-order chi connectivity index (χ0) is 27.6. The highest BCUT2D eigenvalue weighted by Crippen LogP contribution is 2.53. The molecule has 0 fully saturated rings. The maximum atomic E-state index is 14.2. The minimum absolute atomic E-state index is 0.212. The number of amides is 2. The van der Waals surface area contributed by atoms with Gasteiger partial charge in [-0.1, -0.05) is 50.2 Å². The van der Waals surface area contributed by atoms with E-state index in [2.05, 4.69) is 10.6 Å². The van der Waals surface area contributed by atoms with Gasteiger partial charge < -0.3 is 29.5 Å². The normalized spacial score (nSPS) is 13.2. The van der Waals surface area contributed by atoms with E-state index in [4.69, 9.17) is 13.8 Å². The molecule has 2 unspecified atom stereocenters. The van der Waals surface area contributed by atoms with Gasteiger partial charge in [-0.15, -0.1) is 0 Å². The van der Waals surface area contributed by atoms with E-state index in [1.807, 2.05) is 0 Å². The maximum Gasteiger partial charge on any atom is 0.452 e. The highest BCUT2D eigenvalue weighted by Gasteiger charge is 2.42. The monoisotopic (exact) mass is 534 g/mol. The summed E-state index contributed by atoms with van der Waals surface area (Å²) in [6.07, 6.45) is -1.47. The van der Waals surface area contributed by atoms with Gasteiger partial charge in [-0.2, -0.15) is 0 Å². The van der Waals surface area contributed by atoms with Crippen molar-refractivity contribution in [1.29, 1.82) is 0 Å². The fourth-order valence-corrected chi connectivity index (χ4v) is 5.05. The van der Waals surface area contributed by atoms with Crippen molar-refractivity contribution < 1.29 is 37.8 Å². The summed E-state index contributed by atoms with van der Waals surface area (Å²) in [5.41, 5.74) is -0.783. The first-order chi connectivity index (χ1) is 17.3. The van der Waals surface area contributed by atoms with Crippen LogP contribution in [0.3, 0.4) is 0 Å². The van der Waals surface area contributed by atoms with E-state index in [0.717, 1.165) is 0 Å². The Labute approximate surface area is 217 Å². The molecule has 0 saturated carbocycles. The number of carboxylic acid groups (broad SMARTS) is 1. The number of hydrogen-bond donors (Lipinski definition) is 3. The van der Waals surface area contributed by atoms with Gasteiger partial charge in [0.1, 0.15) is 23.1 Å². The molecule has 202 valence electrons. The molecule has 0 bridgehead atoms. The third-order valence-corrected chi connectivity index (χ3v) is 6.98. The highest BCUT2D eigenvalue weighted by atomic mass is 31.2. The number of ether oxygens (including phenoxy) is 1. The highest BCUT2D eigenvalue weighted by molar-refractivity contribution is 7.55. The molecule has 0 spiro atoms. The molecule has 2 rings (SSSR count). The van der Waals surface area contributed by atoms with Crippen LogP contribution in [-0.2, 0) is 18.9 Å². The number of rotatable bonds is 12. The zero-order valence-corrected chi connectivity index (χ0v) is 22.6. The first-order valence-corrected chi connectivity index (χ1v) is 13.5. The molecule has 0 aliphatic carbocycles. The average Bonchev–Trinajstić information content (AvgIpc) is 2.79. The molecule has 0 heterocycles. The van der Waals surface area contributed by atoms with E-state index in [-0.39, 0.29) is 23.8 Å². The van der Waals surface area contributed by atoms with Crippen LogP contribution in [0.1, 0.15) is 47.5 Å². The Morgan fingerprint density at radius 1 is 0.892 bits per heavy atom. The lowest BCUT2D eigenvalue weighted by molar-refractivity contribution is -0.137. The molecule has 2 amide bonds. The Hall–Kier alpha value is -3.52. The third kappa shape index (κ3) is 10.2. The minimum atomic E-state index is -4.26. The first kappa shape index (κ1) is 29.7. The van der Waals surface area contributed by atoms with Crippen molar-refractivity contribution in [1.82, 2.24) is 10.6 Å². The summed E-state index contributed by atoms with van der Waals surface area (Å²) in [6.45, 7) is 8.51. The van der Waals surface area contributed by atoms with E-state index < -0.39 is 49.4 Å². The zero-order valence-electron chi connectivity index (χ0n) is 21.7. The van der Waals surface area contributed by atoms with Crippen LogP contribution in [0.2, 0.25) is 0 Å². The number of hydrogen-bond acceptors (Lipinski definition) is 7. The Morgan fingerprint density at radius 3 is 1.78 bits per heavy atom. The molecule has 0 aliphatic rings. The van der Waals surface area contributed by atoms with Gasteiger partial charge in [0.05, 0.1) is 0 Å². The summed E-state index contributed by atoms with van der Waals surface area (Å²) in [7, 11) is -4.26. The largest absolute Gasteiger partial charge is 0.481 e. The Morgan fingerprint density at radius 2 is 1.38 bits per heavy atom. The summed E-state index contributed by atoms with van der Waals surface area (Å²) in [5, 5.41) is 14.5. The summed E-state index contributed by atoms with van der Waals surface area (Å²) in [5.74, 6) is -3.15. The molecule has 2 atom stereocenters. The van der Waals surface area contributed by atoms with Crippen molar-refractivity contribution in [3.05, 3.63) is 60.7 Å². The molecule has 3 N–H and O–H groups in total. The van der Waals surface area contributed by atoms with Gasteiger partial charge in [0.15, 0.2) is 5.78 Å². The molecule has 37 heavy (non-hydrogen) atoms. The molecule has 11 heteroatoms. The number of para-hydroxylation sites is 2. The van der Waals surface area contributed by atoms with Crippen LogP contribution in [0, 0.1) is 5.92 Å². The molecule has 0 aromatic heterocycles. The number of aliphatic carboxylic acids is 1. The Kier molecular flexibility index (Phi) is 10.6. The predicted octanol–water partition coefficient (Wildman–Crippen LogP) is 5.19. The topological polar surface area (TPSA) is 140 Å². The van der Waals surface area contributed by atoms with Gasteiger partial charge >= 0.3 is 19.7 Å². The van der Waals surface area contributed by atoms with E-state index in [1.165, 1.54) is 0 Å². The van der Waals surface area contributed by atoms with Crippen LogP contribution < -0.4 is 19.7 Å². The predicted molar refractivity (Wildman–Crippen MR) is 139 cm³/mol. The quantitative estimate of drug-likeness (QED) is 0.316. The van der Waals surface area contributed by atoms with Crippen molar-refractivity contribution in [2.45, 2.75) is 64.9 Å². The second-order valence-corrected chi connectivity index (χ2v) is 11.7. The molecule has 0 aliphatic heterocycles. The summed E-state index contributed by atoms with van der Waals surface area (Å²) < 4.78 is 31.1.